The second-order valence-electron chi connectivity index (χ2n) is 2.14. The number of hydrogen-bond donors (Lipinski definition) is 2. The van der Waals surface area contributed by atoms with Crippen LogP contribution in [0, 0.1) is 0 Å². The van der Waals surface area contributed by atoms with Crippen molar-refractivity contribution < 1.29 is 10.0 Å². The van der Waals surface area contributed by atoms with Gasteiger partial charge >= 0.3 is 7.69 Å². The van der Waals surface area contributed by atoms with Gasteiger partial charge in [-0.25, -0.2) is 0 Å². The lowest BCUT2D eigenvalue weighted by atomic mass is 10.1. The third kappa shape index (κ3) is 2.22. The maximum Gasteiger partial charge on any atom is 0.432 e. The quantitative estimate of drug-likeness (QED) is 0.534. The van der Waals surface area contributed by atoms with Gasteiger partial charge in [0.1, 0.15) is 0 Å². The van der Waals surface area contributed by atoms with E-state index in [1.54, 1.807) is 0 Å². The highest BCUT2D eigenvalue weighted by molar-refractivity contribution is 6.13. The second kappa shape index (κ2) is 3.96. The minimum atomic E-state index is -0.750. The zero-order valence-electron chi connectivity index (χ0n) is 6.07. The zero-order chi connectivity index (χ0) is 8.10. The van der Waals surface area contributed by atoms with Gasteiger partial charge in [0.15, 0.2) is 0 Å². The maximum atomic E-state index is 7.12. The van der Waals surface area contributed by atoms with Crippen molar-refractivity contribution in [3.63, 3.8) is 0 Å². The minimum Gasteiger partial charge on any atom is -0.430 e. The fourth-order valence-corrected chi connectivity index (χ4v) is 0.911. The van der Waals surface area contributed by atoms with Gasteiger partial charge in [0.25, 0.3) is 0 Å². The van der Waals surface area contributed by atoms with E-state index in [-0.39, 0.29) is 0 Å². The van der Waals surface area contributed by atoms with E-state index in [0.717, 1.165) is 0 Å². The summed E-state index contributed by atoms with van der Waals surface area (Å²) in [6.45, 7) is 0. The van der Waals surface area contributed by atoms with Crippen molar-refractivity contribution in [1.29, 1.82) is 0 Å². The molecule has 0 aliphatic rings. The first-order valence-electron chi connectivity index (χ1n) is 3.36. The molecule has 2 bridgehead atoms. The highest BCUT2D eigenvalue weighted by Crippen LogP contribution is 2.09. The number of hydrogen-bond acceptors (Lipinski definition) is 2. The Morgan fingerprint density at radius 2 is 0.909 bits per heavy atom. The lowest BCUT2D eigenvalue weighted by Crippen LogP contribution is -1.75. The Morgan fingerprint density at radius 1 is 0.727 bits per heavy atom. The maximum absolute atomic E-state index is 7.12. The monoisotopic (exact) mass is 148 g/mol. The van der Waals surface area contributed by atoms with Crippen LogP contribution in [0.25, 0.3) is 10.8 Å². The number of benzene rings is 3. The van der Waals surface area contributed by atoms with Crippen molar-refractivity contribution in [1.82, 2.24) is 0 Å². The Balaban J connectivity index is 0.000000179. The van der Waals surface area contributed by atoms with E-state index >= 15 is 0 Å². The van der Waals surface area contributed by atoms with Crippen LogP contribution in [-0.2, 0) is 0 Å². The van der Waals surface area contributed by atoms with Crippen LogP contribution < -0.4 is 0 Å². The van der Waals surface area contributed by atoms with Gasteiger partial charge in [-0.3, -0.25) is 0 Å². The molecule has 0 saturated carbocycles. The van der Waals surface area contributed by atoms with E-state index in [1.165, 1.54) is 10.8 Å². The summed E-state index contributed by atoms with van der Waals surface area (Å²) in [5, 5.41) is 16.9. The highest BCUT2D eigenvalue weighted by Gasteiger charge is 1.84. The first-order chi connectivity index (χ1) is 5.36. The van der Waals surface area contributed by atoms with E-state index in [1.807, 2.05) is 0 Å². The van der Waals surface area contributed by atoms with Crippen molar-refractivity contribution in [3.8, 4) is 0 Å². The van der Waals surface area contributed by atoms with Crippen LogP contribution in [0.15, 0.2) is 36.4 Å². The molecule has 0 amide bonds. The van der Waals surface area contributed by atoms with Gasteiger partial charge in [-0.1, -0.05) is 36.4 Å². The largest absolute Gasteiger partial charge is 0.432 e. The van der Waals surface area contributed by atoms with Gasteiger partial charge in [-0.05, 0) is 10.8 Å². The highest BCUT2D eigenvalue weighted by atomic mass is 16.4. The molecule has 56 valence electrons. The third-order valence-corrected chi connectivity index (χ3v) is 1.40. The fraction of sp³-hybridized carbons (Fsp3) is 0. The first kappa shape index (κ1) is 8.05. The summed E-state index contributed by atoms with van der Waals surface area (Å²) < 4.78 is 0. The van der Waals surface area contributed by atoms with Crippen LogP contribution in [0.4, 0.5) is 0 Å². The lowest BCUT2D eigenvalue weighted by molar-refractivity contribution is 0.448. The molecule has 11 heavy (non-hydrogen) atoms. The Kier molecular flexibility index (Phi) is 2.89. The molecule has 0 fully saturated rings. The molecule has 2 nitrogen and oxygen atoms in total. The van der Waals surface area contributed by atoms with Gasteiger partial charge in [0.2, 0.25) is 0 Å². The van der Waals surface area contributed by atoms with Gasteiger partial charge < -0.3 is 10.0 Å². The van der Waals surface area contributed by atoms with Crippen LogP contribution in [-0.4, -0.2) is 17.7 Å². The molecular weight excluding hydrogens is 139 g/mol. The summed E-state index contributed by atoms with van der Waals surface area (Å²) in [6.07, 6.45) is 0. The molecule has 0 saturated heterocycles. The standard InChI is InChI=1S/C8H6.BH3O2/c1-2-8-5-3-7(1)4-6-8;2-1-3/h1-6H;1-3H. The predicted octanol–water partition coefficient (Wildman–Crippen LogP) is 0.515. The average molecular weight is 148 g/mol. The van der Waals surface area contributed by atoms with Crippen molar-refractivity contribution >= 4 is 18.5 Å². The summed E-state index contributed by atoms with van der Waals surface area (Å²) in [6, 6.07) is 12.7. The van der Waals surface area contributed by atoms with E-state index < -0.39 is 7.69 Å². The molecule has 0 aliphatic carbocycles. The van der Waals surface area contributed by atoms with Gasteiger partial charge in [0.05, 0.1) is 0 Å². The van der Waals surface area contributed by atoms with E-state index in [9.17, 15) is 0 Å². The molecule has 0 spiro atoms. The van der Waals surface area contributed by atoms with Crippen LogP contribution in [0.1, 0.15) is 0 Å². The molecular formula is C8H9BO2. The van der Waals surface area contributed by atoms with Gasteiger partial charge in [0, 0.05) is 0 Å². The molecule has 3 aromatic rings. The van der Waals surface area contributed by atoms with Gasteiger partial charge in [-0.2, -0.15) is 0 Å². The molecule has 0 aliphatic heterocycles. The lowest BCUT2D eigenvalue weighted by Gasteiger charge is -1.92. The zero-order valence-corrected chi connectivity index (χ0v) is 6.07. The van der Waals surface area contributed by atoms with Crippen LogP contribution in [0.3, 0.4) is 0 Å². The SMILES string of the molecule is OBO.c1cc2ccc1cc2. The normalized spacial score (nSPS) is 8.91. The van der Waals surface area contributed by atoms with E-state index in [4.69, 9.17) is 10.0 Å². The predicted molar refractivity (Wildman–Crippen MR) is 46.7 cm³/mol. The molecule has 3 heteroatoms. The van der Waals surface area contributed by atoms with Crippen LogP contribution in [0.5, 0.6) is 0 Å². The van der Waals surface area contributed by atoms with Crippen molar-refractivity contribution in [2.75, 3.05) is 0 Å². The Morgan fingerprint density at radius 3 is 1.00 bits per heavy atom. The first-order valence-corrected chi connectivity index (χ1v) is 3.36. The Labute approximate surface area is 65.7 Å². The Hall–Kier alpha value is -1.06. The minimum absolute atomic E-state index is 0.750. The molecule has 3 aromatic carbocycles. The smallest absolute Gasteiger partial charge is 0.430 e. The molecule has 0 atom stereocenters. The molecule has 0 heterocycles. The second-order valence-corrected chi connectivity index (χ2v) is 2.14. The average Bonchev–Trinajstić information content (AvgIpc) is 2.09. The molecule has 0 unspecified atom stereocenters. The number of fused-ring (bicyclic) bond motifs is 3. The van der Waals surface area contributed by atoms with Crippen molar-refractivity contribution in [2.45, 2.75) is 0 Å². The summed E-state index contributed by atoms with van der Waals surface area (Å²) in [7, 11) is -0.750. The summed E-state index contributed by atoms with van der Waals surface area (Å²) in [4.78, 5) is 0. The molecule has 0 aromatic heterocycles. The third-order valence-electron chi connectivity index (χ3n) is 1.40. The van der Waals surface area contributed by atoms with Gasteiger partial charge in [-0.15, -0.1) is 0 Å². The number of rotatable bonds is 0. The molecule has 0 radical (unpaired) electrons. The summed E-state index contributed by atoms with van der Waals surface area (Å²) in [5.74, 6) is 0. The summed E-state index contributed by atoms with van der Waals surface area (Å²) >= 11 is 0. The fourth-order valence-electron chi connectivity index (χ4n) is 0.911. The van der Waals surface area contributed by atoms with Crippen LogP contribution in [0.2, 0.25) is 0 Å². The van der Waals surface area contributed by atoms with E-state index in [0.29, 0.717) is 0 Å². The topological polar surface area (TPSA) is 40.5 Å². The van der Waals surface area contributed by atoms with Crippen molar-refractivity contribution in [2.24, 2.45) is 0 Å². The van der Waals surface area contributed by atoms with Crippen LogP contribution >= 0.6 is 0 Å². The molecule has 2 N–H and O–H groups in total. The summed E-state index contributed by atoms with van der Waals surface area (Å²) in [5.41, 5.74) is 0. The Bertz CT molecular complexity index is 220. The van der Waals surface area contributed by atoms with E-state index in [2.05, 4.69) is 36.4 Å². The van der Waals surface area contributed by atoms with Crippen molar-refractivity contribution in [3.05, 3.63) is 36.4 Å². The molecule has 3 rings (SSSR count).